The Hall–Kier alpha value is -4.08. The Morgan fingerprint density at radius 1 is 1.00 bits per heavy atom. The monoisotopic (exact) mass is 478 g/mol. The highest BCUT2D eigenvalue weighted by Gasteiger charge is 2.20. The predicted molar refractivity (Wildman–Crippen MR) is 130 cm³/mol. The van der Waals surface area contributed by atoms with Crippen molar-refractivity contribution in [3.63, 3.8) is 0 Å². The summed E-state index contributed by atoms with van der Waals surface area (Å²) in [7, 11) is 3.52. The van der Waals surface area contributed by atoms with Crippen molar-refractivity contribution in [2.24, 2.45) is 14.1 Å². The number of fused-ring (bicyclic) bond motifs is 3. The molecule has 1 aromatic carbocycles. The van der Waals surface area contributed by atoms with E-state index in [1.54, 1.807) is 46.2 Å². The van der Waals surface area contributed by atoms with Crippen LogP contribution in [-0.2, 0) is 14.1 Å². The van der Waals surface area contributed by atoms with Crippen molar-refractivity contribution in [3.05, 3.63) is 64.7 Å². The van der Waals surface area contributed by atoms with Crippen LogP contribution in [0.3, 0.4) is 0 Å². The number of hydrogen-bond acceptors (Lipinski definition) is 5. The van der Waals surface area contributed by atoms with E-state index in [1.165, 1.54) is 0 Å². The molecule has 0 fully saturated rings. The van der Waals surface area contributed by atoms with Gasteiger partial charge in [0.25, 0.3) is 0 Å². The summed E-state index contributed by atoms with van der Waals surface area (Å²) in [6.45, 7) is 1.72. The largest absolute Gasteiger partial charge is 0.483 e. The Labute approximate surface area is 199 Å². The predicted octanol–water partition coefficient (Wildman–Crippen LogP) is 3.98. The number of aromatic nitrogens is 6. The number of nitrogens with zero attached hydrogens (tertiary/aromatic N) is 6. The van der Waals surface area contributed by atoms with Crippen LogP contribution in [0, 0.1) is 13.8 Å². The van der Waals surface area contributed by atoms with Crippen LogP contribution in [0.15, 0.2) is 47.7 Å². The standard InChI is InChI=1S/C25H24F2N6O2/c1-14-22(13-31(3)30-14)33-24-19-7-16(5-6-20(19)29-12-21(24)32(4)25(33)34)17-8-23(15(2)28-11-17)35-18(9-26)10-27/h5-8,11-13,18H,9-10H2,1-4H3. The zero-order valence-corrected chi connectivity index (χ0v) is 19.8. The lowest BCUT2D eigenvalue weighted by atomic mass is 10.0. The highest BCUT2D eigenvalue weighted by molar-refractivity contribution is 6.04. The molecule has 0 atom stereocenters. The normalized spacial score (nSPS) is 11.7. The molecule has 0 spiro atoms. The number of alkyl halides is 2. The Kier molecular flexibility index (Phi) is 5.58. The third-order valence-corrected chi connectivity index (χ3v) is 6.12. The van der Waals surface area contributed by atoms with Gasteiger partial charge in [0.05, 0.1) is 39.8 Å². The Morgan fingerprint density at radius 3 is 2.46 bits per heavy atom. The first-order chi connectivity index (χ1) is 16.8. The van der Waals surface area contributed by atoms with Crippen LogP contribution in [0.1, 0.15) is 11.4 Å². The van der Waals surface area contributed by atoms with Crippen LogP contribution in [0.2, 0.25) is 0 Å². The average molecular weight is 479 g/mol. The summed E-state index contributed by atoms with van der Waals surface area (Å²) in [5.41, 5.74) is 5.38. The summed E-state index contributed by atoms with van der Waals surface area (Å²) in [5, 5.41) is 5.17. The Morgan fingerprint density at radius 2 is 1.77 bits per heavy atom. The van der Waals surface area contributed by atoms with E-state index in [1.807, 2.05) is 38.4 Å². The number of aryl methyl sites for hydroxylation is 4. The van der Waals surface area contributed by atoms with Gasteiger partial charge < -0.3 is 4.74 Å². The molecule has 0 N–H and O–H groups in total. The molecule has 35 heavy (non-hydrogen) atoms. The lowest BCUT2D eigenvalue weighted by molar-refractivity contribution is 0.132. The van der Waals surface area contributed by atoms with Gasteiger partial charge in [0.15, 0.2) is 6.10 Å². The molecule has 4 aromatic heterocycles. The number of hydrogen-bond donors (Lipinski definition) is 0. The molecule has 0 bridgehead atoms. The molecule has 0 amide bonds. The highest BCUT2D eigenvalue weighted by atomic mass is 19.1. The third-order valence-electron chi connectivity index (χ3n) is 6.12. The van der Waals surface area contributed by atoms with Crippen molar-refractivity contribution in [2.45, 2.75) is 20.0 Å². The van der Waals surface area contributed by atoms with Gasteiger partial charge in [-0.1, -0.05) is 6.07 Å². The zero-order chi connectivity index (χ0) is 24.9. The molecule has 0 aliphatic rings. The molecule has 0 unspecified atom stereocenters. The van der Waals surface area contributed by atoms with Crippen molar-refractivity contribution < 1.29 is 13.5 Å². The van der Waals surface area contributed by atoms with Gasteiger partial charge in [-0.3, -0.25) is 23.8 Å². The van der Waals surface area contributed by atoms with Gasteiger partial charge in [-0.15, -0.1) is 0 Å². The summed E-state index contributed by atoms with van der Waals surface area (Å²) in [4.78, 5) is 22.2. The van der Waals surface area contributed by atoms with Gasteiger partial charge in [-0.25, -0.2) is 13.6 Å². The molecule has 8 nitrogen and oxygen atoms in total. The first kappa shape index (κ1) is 22.7. The number of halogens is 2. The smallest absolute Gasteiger partial charge is 0.333 e. The number of imidazole rings is 1. The minimum atomic E-state index is -1.17. The van der Waals surface area contributed by atoms with E-state index in [-0.39, 0.29) is 5.69 Å². The van der Waals surface area contributed by atoms with Gasteiger partial charge in [-0.2, -0.15) is 5.10 Å². The maximum absolute atomic E-state index is 13.3. The fourth-order valence-corrected chi connectivity index (χ4v) is 4.28. The van der Waals surface area contributed by atoms with Gasteiger partial charge in [0.2, 0.25) is 0 Å². The summed E-state index contributed by atoms with van der Waals surface area (Å²) in [6.07, 6.45) is 4.01. The van der Waals surface area contributed by atoms with Gasteiger partial charge in [-0.05, 0) is 37.6 Å². The second kappa shape index (κ2) is 8.61. The lowest BCUT2D eigenvalue weighted by Crippen LogP contribution is -2.21. The molecule has 10 heteroatoms. The topological polar surface area (TPSA) is 79.8 Å². The lowest BCUT2D eigenvalue weighted by Gasteiger charge is -2.15. The molecule has 0 aliphatic carbocycles. The molecule has 0 saturated carbocycles. The molecule has 0 saturated heterocycles. The van der Waals surface area contributed by atoms with Crippen LogP contribution in [0.5, 0.6) is 5.75 Å². The fraction of sp³-hybridized carbons (Fsp3) is 0.280. The van der Waals surface area contributed by atoms with Crippen molar-refractivity contribution in [1.82, 2.24) is 28.9 Å². The Bertz CT molecular complexity index is 1630. The average Bonchev–Trinajstić information content (AvgIpc) is 3.32. The van der Waals surface area contributed by atoms with Gasteiger partial charge >= 0.3 is 5.69 Å². The Balaban J connectivity index is 1.74. The van der Waals surface area contributed by atoms with Crippen LogP contribution < -0.4 is 10.4 Å². The van der Waals surface area contributed by atoms with Crippen molar-refractivity contribution >= 4 is 21.9 Å². The number of pyridine rings is 2. The first-order valence-electron chi connectivity index (χ1n) is 11.1. The molecule has 180 valence electrons. The summed E-state index contributed by atoms with van der Waals surface area (Å²) < 4.78 is 36.5. The SMILES string of the molecule is Cc1ncc(-c2ccc3ncc4c(c3c2)n(-c2cn(C)nc2C)c(=O)n4C)cc1OC(CF)CF. The molecular weight excluding hydrogens is 454 g/mol. The zero-order valence-electron chi connectivity index (χ0n) is 19.8. The van der Waals surface area contributed by atoms with E-state index in [0.29, 0.717) is 39.2 Å². The molecule has 0 aliphatic heterocycles. The molecular formula is C25H24F2N6O2. The summed E-state index contributed by atoms with van der Waals surface area (Å²) in [6, 6.07) is 7.41. The van der Waals surface area contributed by atoms with Gasteiger partial charge in [0.1, 0.15) is 19.1 Å². The number of ether oxygens (including phenoxy) is 1. The van der Waals surface area contributed by atoms with Crippen LogP contribution in [-0.4, -0.2) is 48.3 Å². The summed E-state index contributed by atoms with van der Waals surface area (Å²) in [5.74, 6) is 0.321. The van der Waals surface area contributed by atoms with E-state index in [4.69, 9.17) is 4.74 Å². The highest BCUT2D eigenvalue weighted by Crippen LogP contribution is 2.32. The van der Waals surface area contributed by atoms with Gasteiger partial charge in [0, 0.05) is 37.4 Å². The quantitative estimate of drug-likeness (QED) is 0.369. The van der Waals surface area contributed by atoms with Crippen LogP contribution in [0.4, 0.5) is 8.78 Å². The molecule has 4 heterocycles. The van der Waals surface area contributed by atoms with Crippen LogP contribution in [0.25, 0.3) is 38.8 Å². The second-order valence-corrected chi connectivity index (χ2v) is 8.53. The van der Waals surface area contributed by atoms with E-state index in [0.717, 1.165) is 16.6 Å². The minimum Gasteiger partial charge on any atom is -0.483 e. The van der Waals surface area contributed by atoms with E-state index in [9.17, 15) is 13.6 Å². The second-order valence-electron chi connectivity index (χ2n) is 8.53. The van der Waals surface area contributed by atoms with E-state index < -0.39 is 19.5 Å². The molecule has 0 radical (unpaired) electrons. The summed E-state index contributed by atoms with van der Waals surface area (Å²) >= 11 is 0. The molecule has 5 rings (SSSR count). The van der Waals surface area contributed by atoms with E-state index in [2.05, 4.69) is 15.1 Å². The number of benzene rings is 1. The maximum atomic E-state index is 13.3. The van der Waals surface area contributed by atoms with Crippen molar-refractivity contribution in [1.29, 1.82) is 0 Å². The van der Waals surface area contributed by atoms with Crippen LogP contribution >= 0.6 is 0 Å². The molecule has 5 aromatic rings. The maximum Gasteiger partial charge on any atom is 0.333 e. The van der Waals surface area contributed by atoms with Crippen molar-refractivity contribution in [2.75, 3.05) is 13.3 Å². The third kappa shape index (κ3) is 3.74. The number of rotatable bonds is 6. The fourth-order valence-electron chi connectivity index (χ4n) is 4.28. The first-order valence-corrected chi connectivity index (χ1v) is 11.1. The minimum absolute atomic E-state index is 0.202. The van der Waals surface area contributed by atoms with Crippen molar-refractivity contribution in [3.8, 4) is 22.6 Å². The van der Waals surface area contributed by atoms with E-state index >= 15 is 0 Å².